The van der Waals surface area contributed by atoms with Crippen molar-refractivity contribution in [2.24, 2.45) is 0 Å². The van der Waals surface area contributed by atoms with Crippen LogP contribution < -0.4 is 20.1 Å². The molecule has 1 heterocycles. The Morgan fingerprint density at radius 1 is 1.26 bits per heavy atom. The van der Waals surface area contributed by atoms with Crippen LogP contribution in [0.25, 0.3) is 0 Å². The largest absolute Gasteiger partial charge is 0.454 e. The van der Waals surface area contributed by atoms with Gasteiger partial charge in [-0.2, -0.15) is 0 Å². The van der Waals surface area contributed by atoms with Crippen LogP contribution in [0.15, 0.2) is 18.2 Å². The van der Waals surface area contributed by atoms with E-state index in [1.807, 2.05) is 32.3 Å². The van der Waals surface area contributed by atoms with Crippen molar-refractivity contribution in [1.29, 1.82) is 0 Å². The van der Waals surface area contributed by atoms with Crippen molar-refractivity contribution < 1.29 is 9.47 Å². The first-order chi connectivity index (χ1) is 9.15. The summed E-state index contributed by atoms with van der Waals surface area (Å²) in [6.45, 7) is 2.76. The third-order valence-corrected chi connectivity index (χ3v) is 3.02. The molecule has 0 aromatic heterocycles. The number of hydrogen-bond acceptors (Lipinski definition) is 4. The lowest BCUT2D eigenvalue weighted by Crippen LogP contribution is -2.38. The quantitative estimate of drug-likeness (QED) is 0.783. The Hall–Kier alpha value is -1.53. The molecule has 0 unspecified atom stereocenters. The van der Waals surface area contributed by atoms with Crippen molar-refractivity contribution in [3.8, 4) is 11.5 Å². The zero-order chi connectivity index (χ0) is 13.7. The van der Waals surface area contributed by atoms with Crippen molar-refractivity contribution in [3.63, 3.8) is 0 Å². The van der Waals surface area contributed by atoms with E-state index in [1.165, 1.54) is 0 Å². The van der Waals surface area contributed by atoms with Gasteiger partial charge in [0.2, 0.25) is 6.79 Å². The van der Waals surface area contributed by atoms with Gasteiger partial charge >= 0.3 is 0 Å². The molecule has 0 fully saturated rings. The van der Waals surface area contributed by atoms with Crippen LogP contribution in [0, 0.1) is 0 Å². The minimum absolute atomic E-state index is 0.302. The zero-order valence-electron chi connectivity index (χ0n) is 11.2. The number of likely N-dealkylation sites (N-methyl/N-ethyl adjacent to an activating group) is 1. The molecule has 5 nitrogen and oxygen atoms in total. The first kappa shape index (κ1) is 13.9. The van der Waals surface area contributed by atoms with Gasteiger partial charge in [-0.3, -0.25) is 0 Å². The maximum absolute atomic E-state index is 5.33. The average molecular weight is 281 g/mol. The molecule has 0 atom stereocenters. The Morgan fingerprint density at radius 2 is 2.05 bits per heavy atom. The molecule has 19 heavy (non-hydrogen) atoms. The molecule has 0 aliphatic carbocycles. The van der Waals surface area contributed by atoms with E-state index < -0.39 is 0 Å². The molecular weight excluding hydrogens is 262 g/mol. The number of rotatable bonds is 5. The van der Waals surface area contributed by atoms with Crippen LogP contribution in [0.3, 0.4) is 0 Å². The third-order valence-electron chi connectivity index (χ3n) is 2.73. The Kier molecular flexibility index (Phi) is 4.81. The standard InChI is InChI=1S/C13H19N3O2S/c1-16(2)6-5-14-13(19)15-8-10-3-4-11-12(7-10)18-9-17-11/h3-4,7H,5-6,8-9H2,1-2H3,(H2,14,15,19). The fourth-order valence-electron chi connectivity index (χ4n) is 1.69. The lowest BCUT2D eigenvalue weighted by Gasteiger charge is -2.13. The first-order valence-electron chi connectivity index (χ1n) is 6.20. The SMILES string of the molecule is CN(C)CCNC(=S)NCc1ccc2c(c1)OCO2. The molecule has 2 N–H and O–H groups in total. The minimum atomic E-state index is 0.302. The number of hydrogen-bond donors (Lipinski definition) is 2. The molecule has 0 amide bonds. The molecule has 0 saturated carbocycles. The number of nitrogens with one attached hydrogen (secondary N) is 2. The van der Waals surface area contributed by atoms with Gasteiger partial charge in [-0.1, -0.05) is 6.07 Å². The first-order valence-corrected chi connectivity index (χ1v) is 6.61. The highest BCUT2D eigenvalue weighted by molar-refractivity contribution is 7.80. The lowest BCUT2D eigenvalue weighted by atomic mass is 10.2. The highest BCUT2D eigenvalue weighted by Crippen LogP contribution is 2.32. The van der Waals surface area contributed by atoms with Gasteiger partial charge in [-0.15, -0.1) is 0 Å². The molecule has 1 aliphatic heterocycles. The fourth-order valence-corrected chi connectivity index (χ4v) is 1.86. The second-order valence-electron chi connectivity index (χ2n) is 4.60. The molecule has 0 bridgehead atoms. The van der Waals surface area contributed by atoms with Crippen molar-refractivity contribution in [1.82, 2.24) is 15.5 Å². The molecule has 6 heteroatoms. The molecule has 1 aromatic rings. The summed E-state index contributed by atoms with van der Waals surface area (Å²) in [5.74, 6) is 1.60. The number of ether oxygens (including phenoxy) is 2. The van der Waals surface area contributed by atoms with E-state index >= 15 is 0 Å². The fraction of sp³-hybridized carbons (Fsp3) is 0.462. The van der Waals surface area contributed by atoms with Crippen LogP contribution in [0.1, 0.15) is 5.56 Å². The Labute approximate surface area is 118 Å². The van der Waals surface area contributed by atoms with Gasteiger partial charge in [0, 0.05) is 19.6 Å². The summed E-state index contributed by atoms with van der Waals surface area (Å²) in [6, 6.07) is 5.89. The smallest absolute Gasteiger partial charge is 0.231 e. The summed E-state index contributed by atoms with van der Waals surface area (Å²) < 4.78 is 10.6. The van der Waals surface area contributed by atoms with E-state index in [1.54, 1.807) is 0 Å². The minimum Gasteiger partial charge on any atom is -0.454 e. The van der Waals surface area contributed by atoms with E-state index in [0.717, 1.165) is 30.2 Å². The molecule has 104 valence electrons. The summed E-state index contributed by atoms with van der Waals surface area (Å²) in [7, 11) is 4.07. The van der Waals surface area contributed by atoms with E-state index in [0.29, 0.717) is 18.5 Å². The topological polar surface area (TPSA) is 45.8 Å². The molecule has 1 aromatic carbocycles. The van der Waals surface area contributed by atoms with Crippen LogP contribution >= 0.6 is 12.2 Å². The van der Waals surface area contributed by atoms with E-state index in [-0.39, 0.29) is 0 Å². The monoisotopic (exact) mass is 281 g/mol. The van der Waals surface area contributed by atoms with E-state index in [2.05, 4.69) is 15.5 Å². The second kappa shape index (κ2) is 6.58. The van der Waals surface area contributed by atoms with Crippen molar-refractivity contribution in [2.45, 2.75) is 6.54 Å². The van der Waals surface area contributed by atoms with E-state index in [4.69, 9.17) is 21.7 Å². The summed E-state index contributed by atoms with van der Waals surface area (Å²) in [6.07, 6.45) is 0. The summed E-state index contributed by atoms with van der Waals surface area (Å²) in [5, 5.41) is 6.99. The third kappa shape index (κ3) is 4.25. The normalized spacial score (nSPS) is 12.6. The molecule has 1 aliphatic rings. The number of thiocarbonyl (C=S) groups is 1. The van der Waals surface area contributed by atoms with E-state index in [9.17, 15) is 0 Å². The number of fused-ring (bicyclic) bond motifs is 1. The number of nitrogens with zero attached hydrogens (tertiary/aromatic N) is 1. The van der Waals surface area contributed by atoms with Gasteiger partial charge in [0.15, 0.2) is 16.6 Å². The second-order valence-corrected chi connectivity index (χ2v) is 5.01. The van der Waals surface area contributed by atoms with Gasteiger partial charge in [-0.05, 0) is 44.0 Å². The maximum Gasteiger partial charge on any atom is 0.231 e. The summed E-state index contributed by atoms with van der Waals surface area (Å²) >= 11 is 5.21. The highest BCUT2D eigenvalue weighted by Gasteiger charge is 2.12. The highest BCUT2D eigenvalue weighted by atomic mass is 32.1. The zero-order valence-corrected chi connectivity index (χ0v) is 12.0. The van der Waals surface area contributed by atoms with Gasteiger partial charge in [0.25, 0.3) is 0 Å². The van der Waals surface area contributed by atoms with Crippen LogP contribution in [0.2, 0.25) is 0 Å². The van der Waals surface area contributed by atoms with Crippen LogP contribution in [0.5, 0.6) is 11.5 Å². The predicted molar refractivity (Wildman–Crippen MR) is 78.6 cm³/mol. The average Bonchev–Trinajstić information content (AvgIpc) is 2.83. The van der Waals surface area contributed by atoms with Crippen LogP contribution in [-0.4, -0.2) is 44.0 Å². The van der Waals surface area contributed by atoms with Crippen molar-refractivity contribution in [2.75, 3.05) is 34.0 Å². The lowest BCUT2D eigenvalue weighted by molar-refractivity contribution is 0.174. The molecule has 0 saturated heterocycles. The predicted octanol–water partition coefficient (Wildman–Crippen LogP) is 0.941. The Balaban J connectivity index is 1.74. The van der Waals surface area contributed by atoms with Gasteiger partial charge in [0.05, 0.1) is 0 Å². The number of benzene rings is 1. The van der Waals surface area contributed by atoms with Crippen LogP contribution in [0.4, 0.5) is 0 Å². The Bertz CT molecular complexity index is 452. The van der Waals surface area contributed by atoms with Crippen molar-refractivity contribution >= 4 is 17.3 Å². The molecular formula is C13H19N3O2S. The van der Waals surface area contributed by atoms with Crippen molar-refractivity contribution in [3.05, 3.63) is 23.8 Å². The summed E-state index contributed by atoms with van der Waals surface area (Å²) in [5.41, 5.74) is 1.11. The van der Waals surface area contributed by atoms with Gasteiger partial charge < -0.3 is 25.0 Å². The molecule has 2 rings (SSSR count). The van der Waals surface area contributed by atoms with Gasteiger partial charge in [0.1, 0.15) is 0 Å². The van der Waals surface area contributed by atoms with Crippen LogP contribution in [-0.2, 0) is 6.54 Å². The molecule has 0 spiro atoms. The molecule has 0 radical (unpaired) electrons. The summed E-state index contributed by atoms with van der Waals surface area (Å²) in [4.78, 5) is 2.10. The maximum atomic E-state index is 5.33. The Morgan fingerprint density at radius 3 is 2.84 bits per heavy atom. The van der Waals surface area contributed by atoms with Gasteiger partial charge in [-0.25, -0.2) is 0 Å².